The van der Waals surface area contributed by atoms with E-state index in [1.165, 1.54) is 23.0 Å². The zero-order chi connectivity index (χ0) is 23.7. The van der Waals surface area contributed by atoms with E-state index in [-0.39, 0.29) is 11.4 Å². The average molecular weight is 494 g/mol. The zero-order valence-corrected chi connectivity index (χ0v) is 18.7. The van der Waals surface area contributed by atoms with Gasteiger partial charge in [0.05, 0.1) is 17.1 Å². The van der Waals surface area contributed by atoms with Crippen LogP contribution in [-0.2, 0) is 7.05 Å². The highest BCUT2D eigenvalue weighted by Gasteiger charge is 2.30. The van der Waals surface area contributed by atoms with Gasteiger partial charge in [-0.3, -0.25) is 9.48 Å². The van der Waals surface area contributed by atoms with E-state index in [0.29, 0.717) is 10.3 Å². The smallest absolute Gasteiger partial charge is 0.422 e. The van der Waals surface area contributed by atoms with E-state index in [0.717, 1.165) is 18.2 Å². The number of rotatable bonds is 7. The van der Waals surface area contributed by atoms with E-state index in [1.54, 1.807) is 7.05 Å². The molecule has 2 aromatic heterocycles. The molecule has 2 unspecified atom stereocenters. The lowest BCUT2D eigenvalue weighted by Crippen LogP contribution is -2.27. The molecule has 2 atom stereocenters. The van der Waals surface area contributed by atoms with Crippen molar-refractivity contribution in [3.05, 3.63) is 52.7 Å². The maximum absolute atomic E-state index is 14.8. The van der Waals surface area contributed by atoms with E-state index in [1.807, 2.05) is 18.5 Å². The SMILES string of the molecule is Cn1nccc1-c1cc(=O)n(-c2ccc(OCC(F)(P)P)cc2F)c(OCC(F)(F)F)n1. The molecule has 0 aliphatic rings. The van der Waals surface area contributed by atoms with E-state index in [9.17, 15) is 26.7 Å². The molecule has 0 aliphatic heterocycles. The minimum absolute atomic E-state index is 0.0102. The van der Waals surface area contributed by atoms with Crippen molar-refractivity contribution >= 4 is 18.5 Å². The minimum Gasteiger partial charge on any atom is -0.489 e. The van der Waals surface area contributed by atoms with E-state index >= 15 is 0 Å². The highest BCUT2D eigenvalue weighted by atomic mass is 31.1. The van der Waals surface area contributed by atoms with E-state index in [2.05, 4.69) is 10.1 Å². The van der Waals surface area contributed by atoms with Crippen molar-refractivity contribution in [1.29, 1.82) is 0 Å². The number of ether oxygens (including phenoxy) is 2. The van der Waals surface area contributed by atoms with Crippen LogP contribution in [0.2, 0.25) is 0 Å². The molecule has 0 saturated heterocycles. The standard InChI is InChI=1S/C18H17F5N4O3P2/c1-26-14(4-5-24-26)12-7-15(28)27(16(25-12)30-8-17(20,21)22)13-3-2-10(6-11(13)19)29-9-18(23,31)32/h2-7H,8-9,31-32H2,1H3. The van der Waals surface area contributed by atoms with Crippen molar-refractivity contribution in [3.63, 3.8) is 0 Å². The van der Waals surface area contributed by atoms with E-state index < -0.39 is 47.6 Å². The Morgan fingerprint density at radius 3 is 2.34 bits per heavy atom. The van der Waals surface area contributed by atoms with Crippen LogP contribution in [0.3, 0.4) is 0 Å². The van der Waals surface area contributed by atoms with Gasteiger partial charge in [0.15, 0.2) is 17.6 Å². The maximum Gasteiger partial charge on any atom is 0.422 e. The summed E-state index contributed by atoms with van der Waals surface area (Å²) in [6.07, 6.45) is -3.32. The summed E-state index contributed by atoms with van der Waals surface area (Å²) in [7, 11) is 5.32. The lowest BCUT2D eigenvalue weighted by molar-refractivity contribution is -0.155. The van der Waals surface area contributed by atoms with Crippen LogP contribution in [0.25, 0.3) is 17.1 Å². The minimum atomic E-state index is -4.73. The summed E-state index contributed by atoms with van der Waals surface area (Å²) in [4.78, 5) is 16.7. The normalized spacial score (nSPS) is 12.1. The molecule has 3 aromatic rings. The van der Waals surface area contributed by atoms with Crippen LogP contribution in [0.15, 0.2) is 41.3 Å². The Labute approximate surface area is 183 Å². The highest BCUT2D eigenvalue weighted by molar-refractivity contribution is 7.39. The summed E-state index contributed by atoms with van der Waals surface area (Å²) in [6, 6.07) is 4.93. The first-order chi connectivity index (χ1) is 14.8. The van der Waals surface area contributed by atoms with Crippen molar-refractivity contribution in [2.24, 2.45) is 7.05 Å². The molecule has 7 nitrogen and oxygen atoms in total. The molecule has 0 aliphatic carbocycles. The fourth-order valence-corrected chi connectivity index (χ4v) is 2.80. The van der Waals surface area contributed by atoms with Crippen LogP contribution in [0.1, 0.15) is 0 Å². The fraction of sp³-hybridized carbons (Fsp3) is 0.278. The van der Waals surface area contributed by atoms with Gasteiger partial charge in [-0.2, -0.15) is 23.3 Å². The van der Waals surface area contributed by atoms with Crippen LogP contribution >= 0.6 is 18.5 Å². The number of benzene rings is 1. The molecular formula is C18H17F5N4O3P2. The molecule has 0 spiro atoms. The Morgan fingerprint density at radius 1 is 1.06 bits per heavy atom. The van der Waals surface area contributed by atoms with Gasteiger partial charge < -0.3 is 9.47 Å². The van der Waals surface area contributed by atoms with Gasteiger partial charge in [-0.05, 0) is 18.2 Å². The molecule has 14 heteroatoms. The second-order valence-corrected chi connectivity index (χ2v) is 9.26. The summed E-state index contributed by atoms with van der Waals surface area (Å²) in [5.74, 6) is -1.07. The van der Waals surface area contributed by atoms with E-state index in [4.69, 9.17) is 9.47 Å². The lowest BCUT2D eigenvalue weighted by Gasteiger charge is -2.17. The molecule has 0 radical (unpaired) electrons. The van der Waals surface area contributed by atoms with Crippen LogP contribution in [-0.4, -0.2) is 43.9 Å². The van der Waals surface area contributed by atoms with Gasteiger partial charge in [0, 0.05) is 25.4 Å². The summed E-state index contributed by atoms with van der Waals surface area (Å²) in [6.45, 7) is -2.18. The number of alkyl halides is 4. The number of nitrogens with zero attached hydrogens (tertiary/aromatic N) is 4. The summed E-state index contributed by atoms with van der Waals surface area (Å²) < 4.78 is 78.3. The van der Waals surface area contributed by atoms with Gasteiger partial charge in [0.2, 0.25) is 0 Å². The first-order valence-corrected chi connectivity index (χ1v) is 10.0. The predicted molar refractivity (Wildman–Crippen MR) is 112 cm³/mol. The second-order valence-electron chi connectivity index (χ2n) is 6.67. The number of aryl methyl sites for hydroxylation is 1. The predicted octanol–water partition coefficient (Wildman–Crippen LogP) is 3.47. The van der Waals surface area contributed by atoms with Crippen LogP contribution in [0, 0.1) is 5.82 Å². The van der Waals surface area contributed by atoms with Gasteiger partial charge in [-0.15, -0.1) is 0 Å². The van der Waals surface area contributed by atoms with Gasteiger partial charge >= 0.3 is 12.2 Å². The molecule has 2 heterocycles. The topological polar surface area (TPSA) is 71.2 Å². The maximum atomic E-state index is 14.8. The molecular weight excluding hydrogens is 477 g/mol. The Balaban J connectivity index is 2.06. The molecule has 0 fully saturated rings. The fourth-order valence-electron chi connectivity index (χ4n) is 2.64. The molecule has 3 rings (SSSR count). The Kier molecular flexibility index (Phi) is 6.86. The average Bonchev–Trinajstić information content (AvgIpc) is 3.10. The summed E-state index contributed by atoms with van der Waals surface area (Å²) in [5.41, 5.74) is -0.991. The van der Waals surface area contributed by atoms with Crippen LogP contribution in [0.5, 0.6) is 11.8 Å². The number of halogens is 5. The third-order valence-corrected chi connectivity index (χ3v) is 4.29. The van der Waals surface area contributed by atoms with Crippen molar-refractivity contribution in [2.75, 3.05) is 13.2 Å². The molecule has 1 aromatic carbocycles. The third kappa shape index (κ3) is 6.01. The van der Waals surface area contributed by atoms with Gasteiger partial charge in [0.1, 0.15) is 12.4 Å². The highest BCUT2D eigenvalue weighted by Crippen LogP contribution is 2.30. The van der Waals surface area contributed by atoms with Crippen molar-refractivity contribution in [2.45, 2.75) is 11.3 Å². The zero-order valence-electron chi connectivity index (χ0n) is 16.4. The third-order valence-electron chi connectivity index (χ3n) is 3.96. The first-order valence-electron chi connectivity index (χ1n) is 8.85. The molecule has 0 saturated carbocycles. The lowest BCUT2D eigenvalue weighted by atomic mass is 10.2. The number of aromatic nitrogens is 4. The van der Waals surface area contributed by atoms with Crippen LogP contribution in [0.4, 0.5) is 22.0 Å². The summed E-state index contributed by atoms with van der Waals surface area (Å²) in [5, 5.41) is 2.08. The molecule has 0 amide bonds. The quantitative estimate of drug-likeness (QED) is 0.372. The molecule has 32 heavy (non-hydrogen) atoms. The summed E-state index contributed by atoms with van der Waals surface area (Å²) >= 11 is 0. The second kappa shape index (κ2) is 9.11. The monoisotopic (exact) mass is 494 g/mol. The van der Waals surface area contributed by atoms with Crippen molar-refractivity contribution in [3.8, 4) is 28.8 Å². The largest absolute Gasteiger partial charge is 0.489 e. The number of hydrogen-bond acceptors (Lipinski definition) is 5. The van der Waals surface area contributed by atoms with Gasteiger partial charge in [0.25, 0.3) is 5.56 Å². The van der Waals surface area contributed by atoms with Gasteiger partial charge in [-0.1, -0.05) is 18.5 Å². The van der Waals surface area contributed by atoms with Gasteiger partial charge in [-0.25, -0.2) is 13.3 Å². The Bertz CT molecular complexity index is 1170. The molecule has 172 valence electrons. The van der Waals surface area contributed by atoms with Crippen molar-refractivity contribution < 1.29 is 31.4 Å². The first kappa shape index (κ1) is 24.1. The molecule has 0 bridgehead atoms. The van der Waals surface area contributed by atoms with Crippen molar-refractivity contribution in [1.82, 2.24) is 19.3 Å². The number of hydrogen-bond donors (Lipinski definition) is 0. The Hall–Kier alpha value is -2.58. The molecule has 0 N–H and O–H groups in total. The van der Waals surface area contributed by atoms with Crippen LogP contribution < -0.4 is 15.0 Å². The Morgan fingerprint density at radius 2 is 1.78 bits per heavy atom.